The van der Waals surface area contributed by atoms with Crippen molar-refractivity contribution in [2.24, 2.45) is 7.05 Å². The second-order valence-electron chi connectivity index (χ2n) is 9.90. The molecule has 0 radical (unpaired) electrons. The Morgan fingerprint density at radius 2 is 1.88 bits per heavy atom. The highest BCUT2D eigenvalue weighted by atomic mass is 15.3. The Balaban J connectivity index is 1.41. The zero-order chi connectivity index (χ0) is 23.1. The number of hydrogen-bond donors (Lipinski definition) is 1. The maximum absolute atomic E-state index is 4.48. The number of rotatable bonds is 5. The SMILES string of the molecule is Cc1cc(-c2[nH]c3ccc(C4CCN(Cc5ncn(C)n5)CC4)cc3c2C(C)C)c(C)cn1. The summed E-state index contributed by atoms with van der Waals surface area (Å²) in [7, 11) is 1.92. The Morgan fingerprint density at radius 1 is 1.09 bits per heavy atom. The molecular weight excluding hydrogens is 408 g/mol. The summed E-state index contributed by atoms with van der Waals surface area (Å²) in [5.74, 6) is 1.95. The molecule has 3 aromatic heterocycles. The van der Waals surface area contributed by atoms with E-state index in [4.69, 9.17) is 0 Å². The smallest absolute Gasteiger partial charge is 0.164 e. The minimum atomic E-state index is 0.435. The topological polar surface area (TPSA) is 62.6 Å². The van der Waals surface area contributed by atoms with Gasteiger partial charge in [0, 0.05) is 35.4 Å². The number of aryl methyl sites for hydroxylation is 3. The van der Waals surface area contributed by atoms with Crippen LogP contribution in [0.4, 0.5) is 0 Å². The average Bonchev–Trinajstić information content (AvgIpc) is 3.38. The van der Waals surface area contributed by atoms with E-state index in [-0.39, 0.29) is 0 Å². The highest BCUT2D eigenvalue weighted by Gasteiger charge is 2.23. The Morgan fingerprint density at radius 3 is 2.58 bits per heavy atom. The zero-order valence-corrected chi connectivity index (χ0v) is 20.4. The van der Waals surface area contributed by atoms with Crippen molar-refractivity contribution in [3.8, 4) is 11.3 Å². The van der Waals surface area contributed by atoms with Crippen molar-refractivity contribution in [1.29, 1.82) is 0 Å². The molecule has 0 bridgehead atoms. The molecule has 1 saturated heterocycles. The van der Waals surface area contributed by atoms with Gasteiger partial charge in [-0.3, -0.25) is 14.6 Å². The largest absolute Gasteiger partial charge is 0.354 e. The Hall–Kier alpha value is -2.99. The summed E-state index contributed by atoms with van der Waals surface area (Å²) in [6.45, 7) is 11.8. The molecule has 6 heteroatoms. The summed E-state index contributed by atoms with van der Waals surface area (Å²) in [6, 6.07) is 9.28. The van der Waals surface area contributed by atoms with Crippen LogP contribution in [0.2, 0.25) is 0 Å². The molecule has 1 aliphatic heterocycles. The summed E-state index contributed by atoms with van der Waals surface area (Å²) in [5.41, 5.74) is 8.89. The summed E-state index contributed by atoms with van der Waals surface area (Å²) < 4.78 is 1.78. The van der Waals surface area contributed by atoms with E-state index in [2.05, 4.69) is 76.9 Å². The second kappa shape index (κ2) is 8.75. The number of nitrogens with zero attached hydrogens (tertiary/aromatic N) is 5. The number of fused-ring (bicyclic) bond motifs is 1. The third-order valence-corrected chi connectivity index (χ3v) is 7.02. The number of nitrogens with one attached hydrogen (secondary N) is 1. The van der Waals surface area contributed by atoms with Gasteiger partial charge in [-0.15, -0.1) is 0 Å². The van der Waals surface area contributed by atoms with Crippen LogP contribution in [-0.4, -0.2) is 42.7 Å². The number of pyridine rings is 1. The molecule has 0 amide bonds. The van der Waals surface area contributed by atoms with Crippen LogP contribution >= 0.6 is 0 Å². The van der Waals surface area contributed by atoms with Crippen LogP contribution in [0.1, 0.15) is 66.7 Å². The van der Waals surface area contributed by atoms with Gasteiger partial charge in [0.2, 0.25) is 0 Å². The summed E-state index contributed by atoms with van der Waals surface area (Å²) in [5, 5.41) is 5.80. The summed E-state index contributed by atoms with van der Waals surface area (Å²) in [4.78, 5) is 15.1. The fourth-order valence-corrected chi connectivity index (χ4v) is 5.27. The molecule has 4 heterocycles. The maximum Gasteiger partial charge on any atom is 0.164 e. The van der Waals surface area contributed by atoms with Gasteiger partial charge in [-0.2, -0.15) is 5.10 Å². The van der Waals surface area contributed by atoms with E-state index >= 15 is 0 Å². The molecule has 1 aliphatic rings. The van der Waals surface area contributed by atoms with Crippen LogP contribution in [0, 0.1) is 13.8 Å². The van der Waals surface area contributed by atoms with Crippen LogP contribution in [-0.2, 0) is 13.6 Å². The number of hydrogen-bond acceptors (Lipinski definition) is 4. The van der Waals surface area contributed by atoms with Crippen molar-refractivity contribution in [3.05, 3.63) is 65.0 Å². The molecule has 1 N–H and O–H groups in total. The molecule has 172 valence electrons. The van der Waals surface area contributed by atoms with E-state index < -0.39 is 0 Å². The van der Waals surface area contributed by atoms with Crippen molar-refractivity contribution >= 4 is 10.9 Å². The number of aromatic amines is 1. The molecule has 0 atom stereocenters. The van der Waals surface area contributed by atoms with Crippen molar-refractivity contribution in [2.75, 3.05) is 13.1 Å². The van der Waals surface area contributed by atoms with Gasteiger partial charge in [-0.25, -0.2) is 4.98 Å². The maximum atomic E-state index is 4.48. The van der Waals surface area contributed by atoms with Gasteiger partial charge in [0.1, 0.15) is 6.33 Å². The van der Waals surface area contributed by atoms with Crippen LogP contribution in [0.25, 0.3) is 22.2 Å². The number of benzene rings is 1. The van der Waals surface area contributed by atoms with Gasteiger partial charge < -0.3 is 4.98 Å². The Bertz CT molecular complexity index is 1270. The van der Waals surface area contributed by atoms with Crippen LogP contribution in [0.5, 0.6) is 0 Å². The molecule has 0 saturated carbocycles. The first-order valence-electron chi connectivity index (χ1n) is 12.0. The van der Waals surface area contributed by atoms with Crippen molar-refractivity contribution in [2.45, 2.75) is 58.9 Å². The van der Waals surface area contributed by atoms with Crippen molar-refractivity contribution in [3.63, 3.8) is 0 Å². The molecule has 4 aromatic rings. The van der Waals surface area contributed by atoms with Crippen LogP contribution in [0.3, 0.4) is 0 Å². The van der Waals surface area contributed by atoms with Gasteiger partial charge in [-0.1, -0.05) is 19.9 Å². The van der Waals surface area contributed by atoms with Crippen molar-refractivity contribution < 1.29 is 0 Å². The van der Waals surface area contributed by atoms with Crippen LogP contribution in [0.15, 0.2) is 36.8 Å². The lowest BCUT2D eigenvalue weighted by Gasteiger charge is -2.31. The number of piperidine rings is 1. The molecule has 0 unspecified atom stereocenters. The van der Waals surface area contributed by atoms with E-state index in [1.54, 1.807) is 11.0 Å². The van der Waals surface area contributed by atoms with E-state index in [0.717, 1.165) is 31.2 Å². The molecule has 1 aromatic carbocycles. The highest BCUT2D eigenvalue weighted by molar-refractivity contribution is 5.92. The van der Waals surface area contributed by atoms with Gasteiger partial charge in [0.25, 0.3) is 0 Å². The molecule has 0 spiro atoms. The number of H-pyrrole nitrogens is 1. The lowest BCUT2D eigenvalue weighted by molar-refractivity contribution is 0.200. The zero-order valence-electron chi connectivity index (χ0n) is 20.4. The standard InChI is InChI=1S/C27H34N6/c1-17(2)26-23-13-21(20-8-10-33(11-9-20)15-25-29-16-32(5)31-25)6-7-24(23)30-27(26)22-12-19(4)28-14-18(22)3/h6-7,12-14,16-17,20,30H,8-11,15H2,1-5H3. The molecule has 0 aliphatic carbocycles. The molecule has 33 heavy (non-hydrogen) atoms. The van der Waals surface area contributed by atoms with E-state index in [1.165, 1.54) is 51.7 Å². The first-order chi connectivity index (χ1) is 15.9. The molecular formula is C27H34N6. The number of likely N-dealkylation sites (tertiary alicyclic amines) is 1. The minimum absolute atomic E-state index is 0.435. The quantitative estimate of drug-likeness (QED) is 0.445. The molecule has 6 nitrogen and oxygen atoms in total. The molecule has 5 rings (SSSR count). The van der Waals surface area contributed by atoms with Crippen molar-refractivity contribution in [1.82, 2.24) is 29.6 Å². The monoisotopic (exact) mass is 442 g/mol. The third-order valence-electron chi connectivity index (χ3n) is 7.02. The van der Waals surface area contributed by atoms with Gasteiger partial charge in [0.05, 0.1) is 12.2 Å². The normalized spacial score (nSPS) is 15.7. The van der Waals surface area contributed by atoms with Gasteiger partial charge in [-0.05, 0) is 86.5 Å². The average molecular weight is 443 g/mol. The van der Waals surface area contributed by atoms with Gasteiger partial charge >= 0.3 is 0 Å². The van der Waals surface area contributed by atoms with E-state index in [9.17, 15) is 0 Å². The Kier molecular flexibility index (Phi) is 5.79. The van der Waals surface area contributed by atoms with Crippen LogP contribution < -0.4 is 0 Å². The predicted molar refractivity (Wildman–Crippen MR) is 133 cm³/mol. The predicted octanol–water partition coefficient (Wildman–Crippen LogP) is 5.48. The van der Waals surface area contributed by atoms with Gasteiger partial charge in [0.15, 0.2) is 5.82 Å². The van der Waals surface area contributed by atoms with E-state index in [0.29, 0.717) is 11.8 Å². The molecule has 1 fully saturated rings. The lowest BCUT2D eigenvalue weighted by Crippen LogP contribution is -2.32. The fraction of sp³-hybridized carbons (Fsp3) is 0.444. The third kappa shape index (κ3) is 4.32. The number of aromatic nitrogens is 5. The second-order valence-corrected chi connectivity index (χ2v) is 9.90. The fourth-order valence-electron chi connectivity index (χ4n) is 5.27. The Labute approximate surface area is 196 Å². The lowest BCUT2D eigenvalue weighted by atomic mass is 9.87. The first-order valence-corrected chi connectivity index (χ1v) is 12.0. The summed E-state index contributed by atoms with van der Waals surface area (Å²) in [6.07, 6.45) is 6.12. The first kappa shape index (κ1) is 21.8. The minimum Gasteiger partial charge on any atom is -0.354 e. The highest BCUT2D eigenvalue weighted by Crippen LogP contribution is 2.39. The summed E-state index contributed by atoms with van der Waals surface area (Å²) >= 11 is 0. The van der Waals surface area contributed by atoms with E-state index in [1.807, 2.05) is 13.2 Å².